The molecule has 0 aliphatic carbocycles. The van der Waals surface area contributed by atoms with E-state index in [4.69, 9.17) is 4.74 Å². The van der Waals surface area contributed by atoms with Crippen molar-refractivity contribution in [3.8, 4) is 11.5 Å². The number of methoxy groups -OCH3 is 1. The SMILES string of the molecule is CCc1c(C)c(OC)c(O)c(C(C(C)(C)CC(C)C)C(C)(C)CC(C)(C)C)c1S(=O)(=O)O. The van der Waals surface area contributed by atoms with Crippen molar-refractivity contribution < 1.29 is 22.8 Å². The second-order valence-corrected chi connectivity index (χ2v) is 13.7. The maximum atomic E-state index is 12.8. The number of aromatic hydroxyl groups is 1. The van der Waals surface area contributed by atoms with Gasteiger partial charge in [-0.15, -0.1) is 0 Å². The minimum atomic E-state index is -4.60. The van der Waals surface area contributed by atoms with E-state index in [2.05, 4.69) is 62.3 Å². The molecule has 1 rings (SSSR count). The maximum Gasteiger partial charge on any atom is 0.295 e. The summed E-state index contributed by atoms with van der Waals surface area (Å²) in [5.41, 5.74) is 0.536. The molecule has 1 aromatic carbocycles. The molecule has 0 bridgehead atoms. The third-order valence-corrected chi connectivity index (χ3v) is 7.35. The minimum absolute atomic E-state index is 0.0219. The Labute approximate surface area is 196 Å². The Balaban J connectivity index is 4.28. The molecule has 0 spiro atoms. The number of rotatable bonds is 9. The Morgan fingerprint density at radius 3 is 1.84 bits per heavy atom. The van der Waals surface area contributed by atoms with Gasteiger partial charge in [0.25, 0.3) is 10.1 Å². The Bertz CT molecular complexity index is 919. The monoisotopic (exact) mass is 470 g/mol. The Morgan fingerprint density at radius 2 is 1.50 bits per heavy atom. The van der Waals surface area contributed by atoms with Gasteiger partial charge >= 0.3 is 0 Å². The third kappa shape index (κ3) is 6.19. The highest BCUT2D eigenvalue weighted by atomic mass is 32.2. The van der Waals surface area contributed by atoms with E-state index in [1.807, 2.05) is 6.92 Å². The number of hydrogen-bond donors (Lipinski definition) is 2. The van der Waals surface area contributed by atoms with Crippen molar-refractivity contribution in [2.75, 3.05) is 7.11 Å². The summed E-state index contributed by atoms with van der Waals surface area (Å²) in [4.78, 5) is -0.153. The van der Waals surface area contributed by atoms with Gasteiger partial charge in [0, 0.05) is 5.56 Å². The fraction of sp³-hybridized carbons (Fsp3) is 0.769. The molecule has 1 unspecified atom stereocenters. The lowest BCUT2D eigenvalue weighted by molar-refractivity contribution is 0.0751. The van der Waals surface area contributed by atoms with Gasteiger partial charge in [-0.25, -0.2) is 0 Å². The van der Waals surface area contributed by atoms with Crippen LogP contribution in [0.1, 0.15) is 105 Å². The summed E-state index contributed by atoms with van der Waals surface area (Å²) in [6.07, 6.45) is 2.02. The van der Waals surface area contributed by atoms with Gasteiger partial charge in [0.2, 0.25) is 0 Å². The summed E-state index contributed by atoms with van der Waals surface area (Å²) >= 11 is 0. The van der Waals surface area contributed by atoms with Gasteiger partial charge in [-0.1, -0.05) is 69.2 Å². The van der Waals surface area contributed by atoms with Crippen LogP contribution in [0, 0.1) is 29.1 Å². The van der Waals surface area contributed by atoms with Crippen molar-refractivity contribution in [2.45, 2.75) is 106 Å². The highest BCUT2D eigenvalue weighted by Crippen LogP contribution is 2.59. The number of phenols is 1. The van der Waals surface area contributed by atoms with Crippen molar-refractivity contribution >= 4 is 10.1 Å². The summed E-state index contributed by atoms with van der Waals surface area (Å²) < 4.78 is 41.6. The average molecular weight is 471 g/mol. The molecule has 0 saturated heterocycles. The van der Waals surface area contributed by atoms with Gasteiger partial charge in [-0.3, -0.25) is 4.55 Å². The van der Waals surface area contributed by atoms with E-state index in [-0.39, 0.29) is 38.7 Å². The first-order chi connectivity index (χ1) is 14.2. The highest BCUT2D eigenvalue weighted by molar-refractivity contribution is 7.86. The molecule has 0 saturated carbocycles. The van der Waals surface area contributed by atoms with Gasteiger partial charge < -0.3 is 9.84 Å². The van der Waals surface area contributed by atoms with Crippen molar-refractivity contribution in [1.29, 1.82) is 0 Å². The van der Waals surface area contributed by atoms with E-state index in [9.17, 15) is 18.1 Å². The topological polar surface area (TPSA) is 83.8 Å². The van der Waals surface area contributed by atoms with E-state index < -0.39 is 15.5 Å². The first-order valence-corrected chi connectivity index (χ1v) is 13.0. The third-order valence-electron chi connectivity index (χ3n) is 6.37. The van der Waals surface area contributed by atoms with Crippen LogP contribution in [0.15, 0.2) is 4.90 Å². The summed E-state index contributed by atoms with van der Waals surface area (Å²) in [7, 11) is -3.12. The quantitative estimate of drug-likeness (QED) is 0.375. The molecule has 1 atom stereocenters. The van der Waals surface area contributed by atoms with Crippen molar-refractivity contribution in [3.63, 3.8) is 0 Å². The maximum absolute atomic E-state index is 12.8. The number of ether oxygens (including phenoxy) is 1. The Hall–Kier alpha value is -1.27. The molecule has 186 valence electrons. The smallest absolute Gasteiger partial charge is 0.295 e. The van der Waals surface area contributed by atoms with Crippen LogP contribution in [0.5, 0.6) is 11.5 Å². The molecule has 6 heteroatoms. The molecule has 0 fully saturated rings. The number of benzene rings is 1. The van der Waals surface area contributed by atoms with E-state index in [1.165, 1.54) is 7.11 Å². The standard InChI is InChI=1S/C26H46O5S/c1-13-18-17(4)21(31-12)20(27)19(22(18)32(28,29)30)23(25(8,9)14-16(2)3)26(10,11)15-24(5,6)7/h16,23,27H,13-15H2,1-12H3,(H,28,29,30). The van der Waals surface area contributed by atoms with Gasteiger partial charge in [-0.05, 0) is 65.4 Å². The fourth-order valence-corrected chi connectivity index (χ4v) is 7.69. The Kier molecular flexibility index (Phi) is 8.57. The lowest BCUT2D eigenvalue weighted by atomic mass is 9.56. The zero-order chi connectivity index (χ0) is 25.4. The van der Waals surface area contributed by atoms with Crippen LogP contribution in [0.25, 0.3) is 0 Å². The summed E-state index contributed by atoms with van der Waals surface area (Å²) in [6.45, 7) is 22.9. The summed E-state index contributed by atoms with van der Waals surface area (Å²) in [6, 6.07) is 0. The normalized spacial score (nSPS) is 14.7. The van der Waals surface area contributed by atoms with Gasteiger partial charge in [0.15, 0.2) is 11.5 Å². The summed E-state index contributed by atoms with van der Waals surface area (Å²) in [5, 5.41) is 11.5. The van der Waals surface area contributed by atoms with Crippen molar-refractivity contribution in [3.05, 3.63) is 16.7 Å². The summed E-state index contributed by atoms with van der Waals surface area (Å²) in [5.74, 6) is 0.111. The van der Waals surface area contributed by atoms with Crippen molar-refractivity contribution in [2.24, 2.45) is 22.2 Å². The first-order valence-electron chi connectivity index (χ1n) is 11.6. The Morgan fingerprint density at radius 1 is 1.00 bits per heavy atom. The molecule has 2 N–H and O–H groups in total. The van der Waals surface area contributed by atoms with Crippen LogP contribution in [0.2, 0.25) is 0 Å². The highest BCUT2D eigenvalue weighted by Gasteiger charge is 2.48. The lowest BCUT2D eigenvalue weighted by Crippen LogP contribution is -2.38. The van der Waals surface area contributed by atoms with Crippen LogP contribution < -0.4 is 4.74 Å². The molecule has 5 nitrogen and oxygen atoms in total. The van der Waals surface area contributed by atoms with Crippen LogP contribution in [-0.2, 0) is 16.5 Å². The molecule has 0 amide bonds. The average Bonchev–Trinajstić information content (AvgIpc) is 2.52. The molecular weight excluding hydrogens is 424 g/mol. The predicted octanol–water partition coefficient (Wildman–Crippen LogP) is 7.14. The molecule has 0 radical (unpaired) electrons. The fourth-order valence-electron chi connectivity index (χ4n) is 6.59. The predicted molar refractivity (Wildman–Crippen MR) is 132 cm³/mol. The molecule has 32 heavy (non-hydrogen) atoms. The zero-order valence-corrected chi connectivity index (χ0v) is 23.1. The molecule has 0 aromatic heterocycles. The molecule has 0 aliphatic rings. The van der Waals surface area contributed by atoms with E-state index in [0.29, 0.717) is 23.5 Å². The number of hydrogen-bond acceptors (Lipinski definition) is 4. The van der Waals surface area contributed by atoms with Gasteiger partial charge in [0.1, 0.15) is 4.90 Å². The number of phenolic OH excluding ortho intramolecular Hbond substituents is 1. The molecule has 1 aromatic rings. The van der Waals surface area contributed by atoms with Crippen LogP contribution >= 0.6 is 0 Å². The van der Waals surface area contributed by atoms with Gasteiger partial charge in [-0.2, -0.15) is 8.42 Å². The molecule has 0 aliphatic heterocycles. The molecule has 0 heterocycles. The largest absolute Gasteiger partial charge is 0.504 e. The second-order valence-electron chi connectivity index (χ2n) is 12.3. The van der Waals surface area contributed by atoms with E-state index in [0.717, 1.165) is 12.8 Å². The molecular formula is C26H46O5S. The van der Waals surface area contributed by atoms with E-state index in [1.54, 1.807) is 6.92 Å². The van der Waals surface area contributed by atoms with E-state index >= 15 is 0 Å². The van der Waals surface area contributed by atoms with Crippen molar-refractivity contribution in [1.82, 2.24) is 0 Å². The van der Waals surface area contributed by atoms with Crippen LogP contribution in [0.3, 0.4) is 0 Å². The lowest BCUT2D eigenvalue weighted by Gasteiger charge is -2.49. The first kappa shape index (κ1) is 28.8. The minimum Gasteiger partial charge on any atom is -0.504 e. The van der Waals surface area contributed by atoms with Crippen LogP contribution in [0.4, 0.5) is 0 Å². The zero-order valence-electron chi connectivity index (χ0n) is 22.3. The van der Waals surface area contributed by atoms with Crippen LogP contribution in [-0.4, -0.2) is 25.2 Å². The van der Waals surface area contributed by atoms with Gasteiger partial charge in [0.05, 0.1) is 7.11 Å². The second kappa shape index (κ2) is 9.54.